The van der Waals surface area contributed by atoms with Gasteiger partial charge >= 0.3 is 0 Å². The van der Waals surface area contributed by atoms with Crippen LogP contribution >= 0.6 is 12.4 Å². The summed E-state index contributed by atoms with van der Waals surface area (Å²) in [5.74, 6) is 0.837. The number of amides is 1. The average Bonchev–Trinajstić information content (AvgIpc) is 3.15. The molecule has 0 bridgehead atoms. The van der Waals surface area contributed by atoms with E-state index < -0.39 is 0 Å². The highest BCUT2D eigenvalue weighted by Gasteiger charge is 2.23. The molecule has 0 spiro atoms. The number of halogens is 1. The van der Waals surface area contributed by atoms with E-state index in [-0.39, 0.29) is 24.4 Å². The van der Waals surface area contributed by atoms with Gasteiger partial charge in [0, 0.05) is 25.2 Å². The third kappa shape index (κ3) is 4.49. The monoisotopic (exact) mass is 346 g/mol. The minimum absolute atomic E-state index is 0. The molecule has 0 aromatic heterocycles. The highest BCUT2D eigenvalue weighted by molar-refractivity contribution is 5.94. The smallest absolute Gasteiger partial charge is 0.253 e. The summed E-state index contributed by atoms with van der Waals surface area (Å²) < 4.78 is 5.75. The molecule has 1 unspecified atom stereocenters. The second-order valence-corrected chi connectivity index (χ2v) is 5.86. The van der Waals surface area contributed by atoms with Crippen LogP contribution < -0.4 is 10.1 Å². The van der Waals surface area contributed by atoms with Gasteiger partial charge in [0.1, 0.15) is 12.4 Å². The van der Waals surface area contributed by atoms with Crippen molar-refractivity contribution in [2.45, 2.75) is 19.1 Å². The van der Waals surface area contributed by atoms with E-state index >= 15 is 0 Å². The van der Waals surface area contributed by atoms with Gasteiger partial charge in [-0.25, -0.2) is 0 Å². The molecular weight excluding hydrogens is 324 g/mol. The maximum atomic E-state index is 12.5. The van der Waals surface area contributed by atoms with Crippen molar-refractivity contribution in [3.63, 3.8) is 0 Å². The Labute approximate surface area is 149 Å². The Morgan fingerprint density at radius 3 is 2.50 bits per heavy atom. The molecule has 24 heavy (non-hydrogen) atoms. The lowest BCUT2D eigenvalue weighted by Gasteiger charge is -2.23. The SMILES string of the molecule is CN(C(=O)c1ccc(OCc2ccccc2)cc1)C1CCNC1.Cl. The summed E-state index contributed by atoms with van der Waals surface area (Å²) in [6, 6.07) is 17.7. The second-order valence-electron chi connectivity index (χ2n) is 5.86. The van der Waals surface area contributed by atoms with Crippen LogP contribution in [0.5, 0.6) is 5.75 Å². The minimum Gasteiger partial charge on any atom is -0.489 e. The van der Waals surface area contributed by atoms with Gasteiger partial charge in [-0.3, -0.25) is 4.79 Å². The van der Waals surface area contributed by atoms with Crippen molar-refractivity contribution in [1.29, 1.82) is 0 Å². The number of carbonyl (C=O) groups excluding carboxylic acids is 1. The molecular formula is C19H23ClN2O2. The highest BCUT2D eigenvalue weighted by atomic mass is 35.5. The Morgan fingerprint density at radius 2 is 1.88 bits per heavy atom. The Bertz CT molecular complexity index is 640. The van der Waals surface area contributed by atoms with Gasteiger partial charge in [-0.1, -0.05) is 30.3 Å². The van der Waals surface area contributed by atoms with Gasteiger partial charge < -0.3 is 15.0 Å². The predicted molar refractivity (Wildman–Crippen MR) is 97.8 cm³/mol. The van der Waals surface area contributed by atoms with Gasteiger partial charge in [0.2, 0.25) is 0 Å². The van der Waals surface area contributed by atoms with Crippen LogP contribution in [-0.4, -0.2) is 37.0 Å². The van der Waals surface area contributed by atoms with Gasteiger partial charge in [0.05, 0.1) is 0 Å². The van der Waals surface area contributed by atoms with Gasteiger partial charge in [0.25, 0.3) is 5.91 Å². The number of benzene rings is 2. The Hall–Kier alpha value is -2.04. The van der Waals surface area contributed by atoms with Crippen molar-refractivity contribution < 1.29 is 9.53 Å². The molecule has 0 aliphatic carbocycles. The maximum absolute atomic E-state index is 12.5. The van der Waals surface area contributed by atoms with E-state index in [9.17, 15) is 4.79 Å². The number of hydrogen-bond donors (Lipinski definition) is 1. The quantitative estimate of drug-likeness (QED) is 0.904. The first-order valence-corrected chi connectivity index (χ1v) is 7.99. The third-order valence-electron chi connectivity index (χ3n) is 4.25. The molecule has 5 heteroatoms. The van der Waals surface area contributed by atoms with Gasteiger partial charge in [-0.15, -0.1) is 12.4 Å². The van der Waals surface area contributed by atoms with Crippen molar-refractivity contribution in [2.75, 3.05) is 20.1 Å². The molecule has 1 amide bonds. The Balaban J connectivity index is 0.00000208. The largest absolute Gasteiger partial charge is 0.489 e. The lowest BCUT2D eigenvalue weighted by atomic mass is 10.1. The van der Waals surface area contributed by atoms with E-state index in [1.165, 1.54) is 0 Å². The van der Waals surface area contributed by atoms with Crippen LogP contribution in [0.4, 0.5) is 0 Å². The zero-order chi connectivity index (χ0) is 16.1. The molecule has 0 radical (unpaired) electrons. The number of nitrogens with one attached hydrogen (secondary N) is 1. The maximum Gasteiger partial charge on any atom is 0.253 e. The first-order chi connectivity index (χ1) is 11.2. The van der Waals surface area contributed by atoms with Crippen LogP contribution in [0.2, 0.25) is 0 Å². The van der Waals surface area contributed by atoms with Gasteiger partial charge in [-0.05, 0) is 42.8 Å². The fourth-order valence-corrected chi connectivity index (χ4v) is 2.77. The second kappa shape index (κ2) is 8.71. The topological polar surface area (TPSA) is 41.6 Å². The number of nitrogens with zero attached hydrogens (tertiary/aromatic N) is 1. The number of rotatable bonds is 5. The fourth-order valence-electron chi connectivity index (χ4n) is 2.77. The van der Waals surface area contributed by atoms with E-state index in [1.54, 1.807) is 0 Å². The van der Waals surface area contributed by atoms with Gasteiger partial charge in [0.15, 0.2) is 0 Å². The predicted octanol–water partition coefficient (Wildman–Crippen LogP) is 3.12. The van der Waals surface area contributed by atoms with Crippen molar-refractivity contribution in [3.8, 4) is 5.75 Å². The van der Waals surface area contributed by atoms with E-state index in [1.807, 2.05) is 66.5 Å². The molecule has 2 aromatic carbocycles. The molecule has 1 fully saturated rings. The van der Waals surface area contributed by atoms with E-state index in [2.05, 4.69) is 5.32 Å². The zero-order valence-corrected chi connectivity index (χ0v) is 14.6. The molecule has 2 aromatic rings. The number of likely N-dealkylation sites (N-methyl/N-ethyl adjacent to an activating group) is 1. The summed E-state index contributed by atoms with van der Waals surface area (Å²) >= 11 is 0. The number of ether oxygens (including phenoxy) is 1. The summed E-state index contributed by atoms with van der Waals surface area (Å²) in [7, 11) is 1.87. The molecule has 1 aliphatic heterocycles. The highest BCUT2D eigenvalue weighted by Crippen LogP contribution is 2.17. The number of carbonyl (C=O) groups is 1. The number of hydrogen-bond acceptors (Lipinski definition) is 3. The van der Waals surface area contributed by atoms with Crippen LogP contribution in [0.1, 0.15) is 22.3 Å². The van der Waals surface area contributed by atoms with Crippen LogP contribution in [0, 0.1) is 0 Å². The van der Waals surface area contributed by atoms with E-state index in [0.29, 0.717) is 12.2 Å². The molecule has 0 saturated carbocycles. The summed E-state index contributed by atoms with van der Waals surface area (Å²) in [5, 5.41) is 3.29. The summed E-state index contributed by atoms with van der Waals surface area (Å²) in [4.78, 5) is 14.3. The van der Waals surface area contributed by atoms with Crippen LogP contribution in [0.25, 0.3) is 0 Å². The minimum atomic E-state index is 0. The molecule has 1 N–H and O–H groups in total. The Kier molecular flexibility index (Phi) is 6.64. The van der Waals surface area contributed by atoms with E-state index in [4.69, 9.17) is 4.74 Å². The lowest BCUT2D eigenvalue weighted by Crippen LogP contribution is -2.38. The molecule has 1 heterocycles. The molecule has 1 aliphatic rings. The summed E-state index contributed by atoms with van der Waals surface area (Å²) in [6.07, 6.45) is 1.01. The lowest BCUT2D eigenvalue weighted by molar-refractivity contribution is 0.0743. The standard InChI is InChI=1S/C19H22N2O2.ClH/c1-21(17-11-12-20-13-17)19(22)16-7-9-18(10-8-16)23-14-15-5-3-2-4-6-15;/h2-10,17,20H,11-14H2,1H3;1H. The normalized spacial score (nSPS) is 16.3. The summed E-state index contributed by atoms with van der Waals surface area (Å²) in [5.41, 5.74) is 1.83. The van der Waals surface area contributed by atoms with Gasteiger partial charge in [-0.2, -0.15) is 0 Å². The molecule has 128 valence electrons. The van der Waals surface area contributed by atoms with Crippen LogP contribution in [0.3, 0.4) is 0 Å². The zero-order valence-electron chi connectivity index (χ0n) is 13.8. The fraction of sp³-hybridized carbons (Fsp3) is 0.316. The van der Waals surface area contributed by atoms with Crippen LogP contribution in [-0.2, 0) is 6.61 Å². The van der Waals surface area contributed by atoms with Crippen LogP contribution in [0.15, 0.2) is 54.6 Å². The molecule has 1 atom stereocenters. The Morgan fingerprint density at radius 1 is 1.17 bits per heavy atom. The van der Waals surface area contributed by atoms with Crippen molar-refractivity contribution in [2.24, 2.45) is 0 Å². The van der Waals surface area contributed by atoms with Crippen molar-refractivity contribution in [3.05, 3.63) is 65.7 Å². The summed E-state index contributed by atoms with van der Waals surface area (Å²) in [6.45, 7) is 2.39. The molecule has 3 rings (SSSR count). The van der Waals surface area contributed by atoms with E-state index in [0.717, 1.165) is 30.8 Å². The molecule has 4 nitrogen and oxygen atoms in total. The first kappa shape index (κ1) is 18.3. The third-order valence-corrected chi connectivity index (χ3v) is 4.25. The van der Waals surface area contributed by atoms with Crippen molar-refractivity contribution in [1.82, 2.24) is 10.2 Å². The average molecular weight is 347 g/mol. The van der Waals surface area contributed by atoms with Crippen molar-refractivity contribution >= 4 is 18.3 Å². The molecule has 1 saturated heterocycles. The first-order valence-electron chi connectivity index (χ1n) is 7.99.